The van der Waals surface area contributed by atoms with Crippen LogP contribution in [0.1, 0.15) is 23.7 Å². The molecule has 0 spiro atoms. The molecule has 1 unspecified atom stereocenters. The highest BCUT2D eigenvalue weighted by Gasteiger charge is 2.20. The van der Waals surface area contributed by atoms with E-state index in [1.807, 2.05) is 0 Å². The summed E-state index contributed by atoms with van der Waals surface area (Å²) in [5, 5.41) is 0. The van der Waals surface area contributed by atoms with Crippen molar-refractivity contribution in [2.75, 3.05) is 0 Å². The molecule has 2 nitrogen and oxygen atoms in total. The largest absolute Gasteiger partial charge is 0.296 e. The average Bonchev–Trinajstić information content (AvgIpc) is 2.97. The zero-order chi connectivity index (χ0) is 14.9. The molecule has 2 aromatic carbocycles. The number of aryl methyl sites for hydroxylation is 1. The molecule has 0 N–H and O–H groups in total. The lowest BCUT2D eigenvalue weighted by Gasteiger charge is -2.16. The number of aromatic nitrogens is 2. The summed E-state index contributed by atoms with van der Waals surface area (Å²) in [5.41, 5.74) is 4.69. The van der Waals surface area contributed by atoms with Crippen molar-refractivity contribution < 1.29 is 0 Å². The fourth-order valence-corrected chi connectivity index (χ4v) is 3.13. The molecule has 1 heterocycles. The zero-order valence-corrected chi connectivity index (χ0v) is 12.6. The van der Waals surface area contributed by atoms with Gasteiger partial charge in [-0.05, 0) is 37.1 Å². The Morgan fingerprint density at radius 2 is 1.86 bits per heavy atom. The molecular weight excluding hydrogens is 268 g/mol. The van der Waals surface area contributed by atoms with Crippen LogP contribution in [0.25, 0.3) is 16.7 Å². The summed E-state index contributed by atoms with van der Waals surface area (Å²) in [6.07, 6.45) is 9.70. The summed E-state index contributed by atoms with van der Waals surface area (Å²) in [7, 11) is 0. The van der Waals surface area contributed by atoms with Crippen molar-refractivity contribution in [3.8, 4) is 5.69 Å². The fourth-order valence-electron chi connectivity index (χ4n) is 3.13. The van der Waals surface area contributed by atoms with Crippen LogP contribution in [-0.4, -0.2) is 9.55 Å². The Morgan fingerprint density at radius 1 is 1.00 bits per heavy atom. The van der Waals surface area contributed by atoms with Crippen molar-refractivity contribution in [3.63, 3.8) is 0 Å². The van der Waals surface area contributed by atoms with E-state index in [4.69, 9.17) is 4.98 Å². The van der Waals surface area contributed by atoms with Crippen LogP contribution < -0.4 is 0 Å². The number of hydrogen-bond acceptors (Lipinski definition) is 1. The molecule has 22 heavy (non-hydrogen) atoms. The highest BCUT2D eigenvalue weighted by Crippen LogP contribution is 2.31. The van der Waals surface area contributed by atoms with E-state index >= 15 is 0 Å². The van der Waals surface area contributed by atoms with E-state index in [-0.39, 0.29) is 0 Å². The summed E-state index contributed by atoms with van der Waals surface area (Å²) >= 11 is 0. The topological polar surface area (TPSA) is 17.8 Å². The Bertz CT molecular complexity index is 869. The van der Waals surface area contributed by atoms with Gasteiger partial charge in [-0.2, -0.15) is 0 Å². The number of rotatable bonds is 2. The van der Waals surface area contributed by atoms with E-state index in [2.05, 4.69) is 84.3 Å². The van der Waals surface area contributed by atoms with Gasteiger partial charge in [-0.25, -0.2) is 4.98 Å². The lowest BCUT2D eigenvalue weighted by atomic mass is 10.00. The summed E-state index contributed by atoms with van der Waals surface area (Å²) in [4.78, 5) is 4.99. The monoisotopic (exact) mass is 286 g/mol. The predicted molar refractivity (Wildman–Crippen MR) is 91.4 cm³/mol. The first kappa shape index (κ1) is 13.1. The van der Waals surface area contributed by atoms with Gasteiger partial charge in [-0.1, -0.05) is 54.6 Å². The van der Waals surface area contributed by atoms with Gasteiger partial charge in [0.2, 0.25) is 0 Å². The maximum Gasteiger partial charge on any atom is 0.121 e. The lowest BCUT2D eigenvalue weighted by Crippen LogP contribution is -2.06. The van der Waals surface area contributed by atoms with E-state index in [1.54, 1.807) is 0 Å². The van der Waals surface area contributed by atoms with Crippen LogP contribution in [0.15, 0.2) is 72.8 Å². The first-order chi connectivity index (χ1) is 10.8. The predicted octanol–water partition coefficient (Wildman–Crippen LogP) is 4.93. The smallest absolute Gasteiger partial charge is 0.121 e. The van der Waals surface area contributed by atoms with E-state index in [1.165, 1.54) is 16.8 Å². The van der Waals surface area contributed by atoms with Crippen molar-refractivity contribution >= 4 is 11.0 Å². The van der Waals surface area contributed by atoms with Crippen LogP contribution in [0.2, 0.25) is 0 Å². The molecule has 0 amide bonds. The third-order valence-corrected chi connectivity index (χ3v) is 4.24. The molecule has 4 rings (SSSR count). The molecule has 108 valence electrons. The quantitative estimate of drug-likeness (QED) is 0.653. The van der Waals surface area contributed by atoms with E-state index < -0.39 is 0 Å². The van der Waals surface area contributed by atoms with Gasteiger partial charge in [0.25, 0.3) is 0 Å². The van der Waals surface area contributed by atoms with Crippen LogP contribution in [-0.2, 0) is 0 Å². The average molecular weight is 286 g/mol. The van der Waals surface area contributed by atoms with Crippen molar-refractivity contribution in [1.29, 1.82) is 0 Å². The number of hydrogen-bond donors (Lipinski definition) is 0. The number of imidazole rings is 1. The molecule has 1 aliphatic rings. The number of benzene rings is 2. The van der Waals surface area contributed by atoms with Gasteiger partial charge in [-0.3, -0.25) is 4.57 Å². The number of fused-ring (bicyclic) bond motifs is 1. The van der Waals surface area contributed by atoms with E-state index in [0.29, 0.717) is 5.92 Å². The third kappa shape index (κ3) is 2.08. The molecule has 0 aliphatic heterocycles. The molecule has 0 saturated heterocycles. The summed E-state index contributed by atoms with van der Waals surface area (Å²) < 4.78 is 2.30. The van der Waals surface area contributed by atoms with Gasteiger partial charge in [-0.15, -0.1) is 0 Å². The standard InChI is InChI=1S/C20H18N2/c1-15-9-8-14-18-19(15)21-20(16-10-4-2-5-11-16)22(18)17-12-6-3-7-13-17/h2-10,12-14,16H,11H2,1H3. The second-order valence-corrected chi connectivity index (χ2v) is 5.74. The van der Waals surface area contributed by atoms with Crippen molar-refractivity contribution in [2.45, 2.75) is 19.3 Å². The maximum atomic E-state index is 4.99. The Balaban J connectivity index is 2.01. The minimum atomic E-state index is 0.331. The molecule has 0 fully saturated rings. The second kappa shape index (κ2) is 5.30. The third-order valence-electron chi connectivity index (χ3n) is 4.24. The van der Waals surface area contributed by atoms with Crippen molar-refractivity contribution in [3.05, 3.63) is 84.2 Å². The Morgan fingerprint density at radius 3 is 2.64 bits per heavy atom. The zero-order valence-electron chi connectivity index (χ0n) is 12.6. The maximum absolute atomic E-state index is 4.99. The van der Waals surface area contributed by atoms with Gasteiger partial charge in [0.1, 0.15) is 5.82 Å². The Kier molecular flexibility index (Phi) is 3.15. The normalized spacial score (nSPS) is 17.2. The van der Waals surface area contributed by atoms with Crippen LogP contribution in [0, 0.1) is 6.92 Å². The molecule has 1 aromatic heterocycles. The molecule has 1 atom stereocenters. The molecule has 0 saturated carbocycles. The summed E-state index contributed by atoms with van der Waals surface area (Å²) in [5.74, 6) is 1.45. The van der Waals surface area contributed by atoms with E-state index in [0.717, 1.165) is 17.8 Å². The van der Waals surface area contributed by atoms with Crippen molar-refractivity contribution in [2.24, 2.45) is 0 Å². The molecule has 0 radical (unpaired) electrons. The van der Waals surface area contributed by atoms with Gasteiger partial charge in [0.15, 0.2) is 0 Å². The van der Waals surface area contributed by atoms with Crippen LogP contribution in [0.4, 0.5) is 0 Å². The van der Waals surface area contributed by atoms with E-state index in [9.17, 15) is 0 Å². The number of para-hydroxylation sites is 2. The SMILES string of the molecule is Cc1cccc2c1nc(C1C=CC=CC1)n2-c1ccccc1. The fraction of sp³-hybridized carbons (Fsp3) is 0.150. The van der Waals surface area contributed by atoms with Gasteiger partial charge < -0.3 is 0 Å². The highest BCUT2D eigenvalue weighted by atomic mass is 15.1. The van der Waals surface area contributed by atoms with Gasteiger partial charge in [0, 0.05) is 11.6 Å². The molecular formula is C20H18N2. The molecule has 2 heteroatoms. The van der Waals surface area contributed by atoms with Gasteiger partial charge >= 0.3 is 0 Å². The Labute approximate surface area is 130 Å². The first-order valence-corrected chi connectivity index (χ1v) is 7.71. The van der Waals surface area contributed by atoms with Crippen LogP contribution >= 0.6 is 0 Å². The molecule has 3 aromatic rings. The Hall–Kier alpha value is -2.61. The van der Waals surface area contributed by atoms with Crippen LogP contribution in [0.3, 0.4) is 0 Å². The molecule has 1 aliphatic carbocycles. The second-order valence-electron chi connectivity index (χ2n) is 5.74. The summed E-state index contributed by atoms with van der Waals surface area (Å²) in [6.45, 7) is 2.13. The van der Waals surface area contributed by atoms with Crippen molar-refractivity contribution in [1.82, 2.24) is 9.55 Å². The molecule has 0 bridgehead atoms. The van der Waals surface area contributed by atoms with Gasteiger partial charge in [0.05, 0.1) is 11.0 Å². The minimum absolute atomic E-state index is 0.331. The number of allylic oxidation sites excluding steroid dienone is 4. The summed E-state index contributed by atoms with van der Waals surface area (Å²) in [6, 6.07) is 16.9. The number of nitrogens with zero attached hydrogens (tertiary/aromatic N) is 2. The first-order valence-electron chi connectivity index (χ1n) is 7.71. The minimum Gasteiger partial charge on any atom is -0.296 e. The lowest BCUT2D eigenvalue weighted by molar-refractivity contribution is 0.758. The van der Waals surface area contributed by atoms with Crippen LogP contribution in [0.5, 0.6) is 0 Å². The highest BCUT2D eigenvalue weighted by molar-refractivity contribution is 5.81.